The number of aromatic nitrogens is 5. The molecule has 0 radical (unpaired) electrons. The Kier molecular flexibility index (Phi) is 1.63. The van der Waals surface area contributed by atoms with Crippen LogP contribution in [-0.4, -0.2) is 25.4 Å². The molecule has 0 aliphatic heterocycles. The van der Waals surface area contributed by atoms with Crippen LogP contribution in [0.1, 0.15) is 0 Å². The quantitative estimate of drug-likeness (QED) is 0.535. The zero-order chi connectivity index (χ0) is 6.97. The van der Waals surface area contributed by atoms with E-state index in [9.17, 15) is 0 Å². The van der Waals surface area contributed by atoms with Crippen LogP contribution in [0.5, 0.6) is 0 Å². The lowest BCUT2D eigenvalue weighted by Gasteiger charge is -1.86. The van der Waals surface area contributed by atoms with E-state index in [2.05, 4.69) is 25.4 Å². The van der Waals surface area contributed by atoms with Crippen molar-refractivity contribution < 1.29 is 4.70 Å². The summed E-state index contributed by atoms with van der Waals surface area (Å²) in [6.07, 6.45) is 1.35. The molecule has 0 spiro atoms. The van der Waals surface area contributed by atoms with Crippen LogP contribution in [0.25, 0.3) is 11.2 Å². The molecule has 0 unspecified atom stereocenters. The SMILES string of the molecule is F.Nc1ncnc2n[nH]nc12. The monoisotopic (exact) mass is 156 g/mol. The molecule has 0 bridgehead atoms. The number of rotatable bonds is 0. The molecule has 58 valence electrons. The molecule has 0 fully saturated rings. The molecule has 11 heavy (non-hydrogen) atoms. The second-order valence-corrected chi connectivity index (χ2v) is 1.75. The molecule has 3 N–H and O–H groups in total. The van der Waals surface area contributed by atoms with Crippen LogP contribution < -0.4 is 5.73 Å². The number of nitrogen functional groups attached to an aromatic ring is 1. The van der Waals surface area contributed by atoms with Gasteiger partial charge in [-0.1, -0.05) is 0 Å². The molecule has 7 heteroatoms. The molecular formula is C4H5FN6. The summed E-state index contributed by atoms with van der Waals surface area (Å²) in [5.41, 5.74) is 6.44. The van der Waals surface area contributed by atoms with E-state index >= 15 is 0 Å². The number of hydrogen-bond donors (Lipinski definition) is 2. The molecule has 0 saturated heterocycles. The van der Waals surface area contributed by atoms with E-state index in [1.807, 2.05) is 0 Å². The lowest BCUT2D eigenvalue weighted by atomic mass is 10.5. The van der Waals surface area contributed by atoms with Gasteiger partial charge in [0.2, 0.25) is 5.65 Å². The summed E-state index contributed by atoms with van der Waals surface area (Å²) < 4.78 is 0. The maximum Gasteiger partial charge on any atom is 0.206 e. The van der Waals surface area contributed by atoms with Gasteiger partial charge in [0.1, 0.15) is 6.33 Å². The van der Waals surface area contributed by atoms with E-state index in [0.717, 1.165) is 0 Å². The number of H-pyrrole nitrogens is 1. The van der Waals surface area contributed by atoms with E-state index in [1.165, 1.54) is 6.33 Å². The Morgan fingerprint density at radius 1 is 1.27 bits per heavy atom. The van der Waals surface area contributed by atoms with Crippen molar-refractivity contribution in [2.75, 3.05) is 5.73 Å². The van der Waals surface area contributed by atoms with E-state index in [1.54, 1.807) is 0 Å². The van der Waals surface area contributed by atoms with E-state index in [-0.39, 0.29) is 4.70 Å². The van der Waals surface area contributed by atoms with Gasteiger partial charge in [-0.3, -0.25) is 4.70 Å². The number of nitrogens with one attached hydrogen (secondary N) is 1. The Morgan fingerprint density at radius 3 is 2.82 bits per heavy atom. The number of aromatic amines is 1. The van der Waals surface area contributed by atoms with Crippen molar-refractivity contribution in [1.82, 2.24) is 25.4 Å². The summed E-state index contributed by atoms with van der Waals surface area (Å²) in [7, 11) is 0. The minimum absolute atomic E-state index is 0. The molecule has 0 amide bonds. The van der Waals surface area contributed by atoms with Crippen LogP contribution in [0.15, 0.2) is 6.33 Å². The lowest BCUT2D eigenvalue weighted by molar-refractivity contribution is 0.954. The summed E-state index contributed by atoms with van der Waals surface area (Å²) in [6, 6.07) is 0. The molecular weight excluding hydrogens is 151 g/mol. The zero-order valence-corrected chi connectivity index (χ0v) is 5.35. The Labute approximate surface area is 60.2 Å². The van der Waals surface area contributed by atoms with Crippen molar-refractivity contribution in [2.24, 2.45) is 0 Å². The third kappa shape index (κ3) is 0.955. The maximum atomic E-state index is 5.43. The zero-order valence-electron chi connectivity index (χ0n) is 5.35. The first kappa shape index (κ1) is 7.32. The Bertz CT molecular complexity index is 356. The first-order valence-corrected chi connectivity index (χ1v) is 2.65. The smallest absolute Gasteiger partial charge is 0.206 e. The predicted molar refractivity (Wildman–Crippen MR) is 36.4 cm³/mol. The first-order chi connectivity index (χ1) is 4.88. The van der Waals surface area contributed by atoms with Crippen LogP contribution in [0.4, 0.5) is 10.5 Å². The average molecular weight is 156 g/mol. The van der Waals surface area contributed by atoms with Gasteiger partial charge in [0.15, 0.2) is 11.3 Å². The molecule has 0 atom stereocenters. The second kappa shape index (κ2) is 2.45. The summed E-state index contributed by atoms with van der Waals surface area (Å²) >= 11 is 0. The normalized spacial score (nSPS) is 9.45. The number of anilines is 1. The van der Waals surface area contributed by atoms with Gasteiger partial charge in [-0.25, -0.2) is 9.97 Å². The van der Waals surface area contributed by atoms with Crippen LogP contribution in [0.2, 0.25) is 0 Å². The van der Waals surface area contributed by atoms with Crippen molar-refractivity contribution >= 4 is 17.0 Å². The highest BCUT2D eigenvalue weighted by molar-refractivity contribution is 5.79. The van der Waals surface area contributed by atoms with Gasteiger partial charge in [0.05, 0.1) is 0 Å². The molecule has 0 saturated carbocycles. The fourth-order valence-electron chi connectivity index (χ4n) is 0.694. The number of nitrogens with two attached hydrogens (primary N) is 1. The predicted octanol–water partition coefficient (Wildman–Crippen LogP) is -0.517. The summed E-state index contributed by atoms with van der Waals surface area (Å²) in [6.45, 7) is 0. The van der Waals surface area contributed by atoms with Crippen molar-refractivity contribution in [3.63, 3.8) is 0 Å². The van der Waals surface area contributed by atoms with Gasteiger partial charge in [-0.2, -0.15) is 10.3 Å². The fourth-order valence-corrected chi connectivity index (χ4v) is 0.694. The first-order valence-electron chi connectivity index (χ1n) is 2.65. The van der Waals surface area contributed by atoms with Crippen LogP contribution in [0, 0.1) is 0 Å². The van der Waals surface area contributed by atoms with Gasteiger partial charge < -0.3 is 5.73 Å². The number of nitrogens with zero attached hydrogens (tertiary/aromatic N) is 4. The van der Waals surface area contributed by atoms with E-state index in [4.69, 9.17) is 5.73 Å². The van der Waals surface area contributed by atoms with E-state index < -0.39 is 0 Å². The van der Waals surface area contributed by atoms with Crippen molar-refractivity contribution in [2.45, 2.75) is 0 Å². The van der Waals surface area contributed by atoms with Crippen molar-refractivity contribution in [1.29, 1.82) is 0 Å². The Hall–Kier alpha value is -1.79. The highest BCUT2D eigenvalue weighted by Gasteiger charge is 2.01. The summed E-state index contributed by atoms with van der Waals surface area (Å²) in [5, 5.41) is 9.84. The molecule has 2 rings (SSSR count). The second-order valence-electron chi connectivity index (χ2n) is 1.75. The molecule has 0 aliphatic carbocycles. The lowest BCUT2D eigenvalue weighted by Crippen LogP contribution is -1.91. The van der Waals surface area contributed by atoms with E-state index in [0.29, 0.717) is 17.0 Å². The average Bonchev–Trinajstić information content (AvgIpc) is 2.36. The highest BCUT2D eigenvalue weighted by Crippen LogP contribution is 2.07. The minimum Gasteiger partial charge on any atom is -0.382 e. The maximum absolute atomic E-state index is 5.43. The third-order valence-electron chi connectivity index (χ3n) is 1.15. The number of hydrogen-bond acceptors (Lipinski definition) is 5. The topological polar surface area (TPSA) is 93.4 Å². The van der Waals surface area contributed by atoms with Gasteiger partial charge in [-0.15, -0.1) is 5.10 Å². The Morgan fingerprint density at radius 2 is 2.09 bits per heavy atom. The molecule has 6 nitrogen and oxygen atoms in total. The molecule has 2 heterocycles. The fraction of sp³-hybridized carbons (Fsp3) is 0. The highest BCUT2D eigenvalue weighted by atomic mass is 19.0. The summed E-state index contributed by atoms with van der Waals surface area (Å²) in [5.74, 6) is 0.346. The van der Waals surface area contributed by atoms with Gasteiger partial charge in [0, 0.05) is 0 Å². The molecule has 0 aliphatic rings. The number of halogens is 1. The minimum atomic E-state index is 0. The number of fused-ring (bicyclic) bond motifs is 1. The Balaban J connectivity index is 0.000000605. The molecule has 2 aromatic rings. The molecule has 2 aromatic heterocycles. The van der Waals surface area contributed by atoms with Crippen LogP contribution >= 0.6 is 0 Å². The van der Waals surface area contributed by atoms with Crippen LogP contribution in [-0.2, 0) is 0 Å². The largest absolute Gasteiger partial charge is 0.382 e. The molecule has 0 aromatic carbocycles. The van der Waals surface area contributed by atoms with Gasteiger partial charge in [0.25, 0.3) is 0 Å². The van der Waals surface area contributed by atoms with Crippen molar-refractivity contribution in [3.8, 4) is 0 Å². The van der Waals surface area contributed by atoms with Gasteiger partial charge in [-0.05, 0) is 0 Å². The standard InChI is InChI=1S/C4H4N6.FH/c5-3-2-4(7-1-6-3)9-10-8-2;/h1H,(H3,5,6,7,8,9,10);1H. The third-order valence-corrected chi connectivity index (χ3v) is 1.15. The summed E-state index contributed by atoms with van der Waals surface area (Å²) in [4.78, 5) is 7.53. The van der Waals surface area contributed by atoms with Crippen LogP contribution in [0.3, 0.4) is 0 Å². The van der Waals surface area contributed by atoms with Crippen molar-refractivity contribution in [3.05, 3.63) is 6.33 Å². The van der Waals surface area contributed by atoms with Gasteiger partial charge >= 0.3 is 0 Å².